The first-order valence-electron chi connectivity index (χ1n) is 5.38. The van der Waals surface area contributed by atoms with Crippen LogP contribution in [-0.2, 0) is 0 Å². The molecule has 0 bridgehead atoms. The lowest BCUT2D eigenvalue weighted by Gasteiger charge is -2.22. The van der Waals surface area contributed by atoms with Crippen molar-refractivity contribution < 1.29 is 5.11 Å². The lowest BCUT2D eigenvalue weighted by Crippen LogP contribution is -2.25. The minimum absolute atomic E-state index is 0.677. The normalized spacial score (nSPS) is 25.0. The van der Waals surface area contributed by atoms with E-state index in [2.05, 4.69) is 5.11 Å². The molecule has 1 aliphatic carbocycles. The molecule has 0 saturated heterocycles. The second kappa shape index (κ2) is 5.32. The number of hydrogen-bond acceptors (Lipinski definition) is 3. The van der Waals surface area contributed by atoms with Crippen LogP contribution in [0.15, 0.2) is 5.11 Å². The van der Waals surface area contributed by atoms with Gasteiger partial charge in [-0.1, -0.05) is 32.1 Å². The van der Waals surface area contributed by atoms with Crippen LogP contribution < -0.4 is 0 Å². The molecule has 0 radical (unpaired) electrons. The van der Waals surface area contributed by atoms with Gasteiger partial charge in [-0.05, 0) is 25.7 Å². The second-order valence-electron chi connectivity index (χ2n) is 4.07. The molecule has 0 heterocycles. The van der Waals surface area contributed by atoms with Crippen LogP contribution >= 0.6 is 0 Å². The average molecular weight is 184 g/mol. The van der Waals surface area contributed by atoms with Crippen LogP contribution in [0.3, 0.4) is 0 Å². The van der Waals surface area contributed by atoms with E-state index in [1.54, 1.807) is 0 Å². The molecule has 2 N–H and O–H groups in total. The molecule has 0 amide bonds. The molecular weight excluding hydrogens is 164 g/mol. The van der Waals surface area contributed by atoms with Gasteiger partial charge in [0.05, 0.1) is 0 Å². The van der Waals surface area contributed by atoms with Crippen molar-refractivity contribution in [3.05, 3.63) is 0 Å². The van der Waals surface area contributed by atoms with Crippen molar-refractivity contribution in [1.29, 1.82) is 5.53 Å². The first-order chi connectivity index (χ1) is 6.27. The molecule has 0 aromatic heterocycles. The van der Waals surface area contributed by atoms with Gasteiger partial charge in [0.2, 0.25) is 0 Å². The number of hydrogen-bond donors (Lipinski definition) is 2. The van der Waals surface area contributed by atoms with E-state index in [1.165, 1.54) is 32.1 Å². The van der Waals surface area contributed by atoms with Gasteiger partial charge in [0.1, 0.15) is 0 Å². The smallest absolute Gasteiger partial charge is 0.175 e. The van der Waals surface area contributed by atoms with Gasteiger partial charge >= 0.3 is 0 Å². The van der Waals surface area contributed by atoms with E-state index in [0.717, 1.165) is 12.8 Å². The van der Waals surface area contributed by atoms with Gasteiger partial charge < -0.3 is 5.11 Å². The number of nitrogens with zero attached hydrogens (tertiary/aromatic N) is 1. The lowest BCUT2D eigenvalue weighted by atomic mass is 9.95. The molecule has 0 aliphatic heterocycles. The summed E-state index contributed by atoms with van der Waals surface area (Å²) in [5.41, 5.74) is 5.93. The summed E-state index contributed by atoms with van der Waals surface area (Å²) in [6, 6.07) is 0. The van der Waals surface area contributed by atoms with Crippen LogP contribution in [0.25, 0.3) is 0 Å². The van der Waals surface area contributed by atoms with Crippen molar-refractivity contribution in [3.8, 4) is 0 Å². The van der Waals surface area contributed by atoms with E-state index < -0.39 is 5.72 Å². The van der Waals surface area contributed by atoms with E-state index in [-0.39, 0.29) is 0 Å². The fourth-order valence-electron chi connectivity index (χ4n) is 1.94. The Morgan fingerprint density at radius 2 is 1.23 bits per heavy atom. The molecule has 13 heavy (non-hydrogen) atoms. The fraction of sp³-hybridized carbons (Fsp3) is 1.00. The summed E-state index contributed by atoms with van der Waals surface area (Å²) in [6.07, 6.45) is 9.61. The molecule has 1 rings (SSSR count). The van der Waals surface area contributed by atoms with Crippen molar-refractivity contribution in [3.63, 3.8) is 0 Å². The number of aliphatic hydroxyl groups is 1. The predicted molar refractivity (Wildman–Crippen MR) is 51.7 cm³/mol. The first-order valence-corrected chi connectivity index (χ1v) is 5.38. The van der Waals surface area contributed by atoms with Crippen LogP contribution in [-0.4, -0.2) is 10.8 Å². The Morgan fingerprint density at radius 1 is 0.846 bits per heavy atom. The van der Waals surface area contributed by atoms with Gasteiger partial charge in [0, 0.05) is 0 Å². The maximum absolute atomic E-state index is 9.85. The third kappa shape index (κ3) is 3.85. The van der Waals surface area contributed by atoms with Crippen molar-refractivity contribution >= 4 is 0 Å². The van der Waals surface area contributed by atoms with Crippen molar-refractivity contribution in [1.82, 2.24) is 0 Å². The lowest BCUT2D eigenvalue weighted by molar-refractivity contribution is 0.0157. The highest BCUT2D eigenvalue weighted by molar-refractivity contribution is 4.73. The Labute approximate surface area is 80.0 Å². The van der Waals surface area contributed by atoms with Gasteiger partial charge in [-0.3, -0.25) is 0 Å². The minimum atomic E-state index is -1.03. The van der Waals surface area contributed by atoms with Crippen LogP contribution in [0, 0.1) is 5.53 Å². The maximum atomic E-state index is 9.85. The van der Waals surface area contributed by atoms with E-state index >= 15 is 0 Å². The zero-order valence-corrected chi connectivity index (χ0v) is 8.26. The fourth-order valence-corrected chi connectivity index (χ4v) is 1.94. The van der Waals surface area contributed by atoms with E-state index in [0.29, 0.717) is 12.8 Å². The maximum Gasteiger partial charge on any atom is 0.175 e. The predicted octanol–water partition coefficient (Wildman–Crippen LogP) is 3.23. The Bertz CT molecular complexity index is 149. The summed E-state index contributed by atoms with van der Waals surface area (Å²) in [5, 5.41) is 13.2. The standard InChI is InChI=1S/C10H20N2O/c11-12-10(13)8-6-4-2-1-3-5-7-9-10/h11,13H,1-9H2. The van der Waals surface area contributed by atoms with Gasteiger partial charge in [0.25, 0.3) is 0 Å². The van der Waals surface area contributed by atoms with Crippen LogP contribution in [0.1, 0.15) is 57.8 Å². The Morgan fingerprint density at radius 3 is 1.62 bits per heavy atom. The van der Waals surface area contributed by atoms with Crippen LogP contribution in [0.5, 0.6) is 0 Å². The molecule has 0 aromatic carbocycles. The van der Waals surface area contributed by atoms with Gasteiger partial charge in [-0.15, -0.1) is 0 Å². The van der Waals surface area contributed by atoms with E-state index in [9.17, 15) is 5.11 Å². The summed E-state index contributed by atoms with van der Waals surface area (Å²) in [7, 11) is 0. The van der Waals surface area contributed by atoms with E-state index in [4.69, 9.17) is 5.53 Å². The van der Waals surface area contributed by atoms with Crippen molar-refractivity contribution in [2.75, 3.05) is 0 Å². The summed E-state index contributed by atoms with van der Waals surface area (Å²) in [4.78, 5) is 0. The summed E-state index contributed by atoms with van der Waals surface area (Å²) in [5.74, 6) is 0. The largest absolute Gasteiger partial charge is 0.368 e. The molecule has 1 fully saturated rings. The molecule has 3 nitrogen and oxygen atoms in total. The zero-order chi connectivity index (χ0) is 9.57. The van der Waals surface area contributed by atoms with Gasteiger partial charge in [-0.2, -0.15) is 5.11 Å². The molecule has 1 aliphatic rings. The molecule has 0 unspecified atom stereocenters. The molecule has 1 saturated carbocycles. The zero-order valence-electron chi connectivity index (χ0n) is 8.26. The monoisotopic (exact) mass is 184 g/mol. The molecule has 0 spiro atoms. The number of rotatable bonds is 1. The topological polar surface area (TPSA) is 56.4 Å². The highest BCUT2D eigenvalue weighted by atomic mass is 16.3. The third-order valence-corrected chi connectivity index (χ3v) is 2.86. The van der Waals surface area contributed by atoms with Crippen LogP contribution in [0.2, 0.25) is 0 Å². The average Bonchev–Trinajstić information content (AvgIpc) is 2.16. The van der Waals surface area contributed by atoms with Gasteiger partial charge in [0.15, 0.2) is 5.72 Å². The Kier molecular flexibility index (Phi) is 4.36. The SMILES string of the molecule is N=NC1(O)CCCCCCCCC1. The minimum Gasteiger partial charge on any atom is -0.368 e. The van der Waals surface area contributed by atoms with Crippen molar-refractivity contribution in [2.24, 2.45) is 5.11 Å². The first kappa shape index (κ1) is 10.6. The molecular formula is C10H20N2O. The third-order valence-electron chi connectivity index (χ3n) is 2.86. The molecule has 0 atom stereocenters. The molecule has 76 valence electrons. The quantitative estimate of drug-likeness (QED) is 0.604. The van der Waals surface area contributed by atoms with Crippen molar-refractivity contribution in [2.45, 2.75) is 63.5 Å². The van der Waals surface area contributed by atoms with Gasteiger partial charge in [-0.25, -0.2) is 5.53 Å². The Balaban J connectivity index is 2.39. The molecule has 0 aromatic rings. The van der Waals surface area contributed by atoms with Crippen LogP contribution in [0.4, 0.5) is 0 Å². The highest BCUT2D eigenvalue weighted by Crippen LogP contribution is 2.25. The summed E-state index contributed by atoms with van der Waals surface area (Å²) >= 11 is 0. The number of nitrogens with one attached hydrogen (secondary N) is 1. The second-order valence-corrected chi connectivity index (χ2v) is 4.07. The Hall–Kier alpha value is -0.440. The van der Waals surface area contributed by atoms with E-state index in [1.807, 2.05) is 0 Å². The highest BCUT2D eigenvalue weighted by Gasteiger charge is 2.24. The summed E-state index contributed by atoms with van der Waals surface area (Å²) < 4.78 is 0. The molecule has 3 heteroatoms. The summed E-state index contributed by atoms with van der Waals surface area (Å²) in [6.45, 7) is 0.